The quantitative estimate of drug-likeness (QED) is 0.583. The highest BCUT2D eigenvalue weighted by Crippen LogP contribution is 2.36. The van der Waals surface area contributed by atoms with Gasteiger partial charge in [0.2, 0.25) is 0 Å². The molecule has 4 nitrogen and oxygen atoms in total. The summed E-state index contributed by atoms with van der Waals surface area (Å²) in [6.45, 7) is 5.95. The van der Waals surface area contributed by atoms with Crippen LogP contribution in [-0.4, -0.2) is 49.2 Å². The summed E-state index contributed by atoms with van der Waals surface area (Å²) in [5.41, 5.74) is 2.36. The Morgan fingerprint density at radius 2 is 1.96 bits per heavy atom. The highest BCUT2D eigenvalue weighted by Gasteiger charge is 2.19. The van der Waals surface area contributed by atoms with Crippen molar-refractivity contribution in [3.05, 3.63) is 40.6 Å². The highest BCUT2D eigenvalue weighted by atomic mass is 32.2. The fourth-order valence-corrected chi connectivity index (χ4v) is 5.38. The minimum Gasteiger partial charge on any atom is -0.369 e. The Bertz CT molecular complexity index is 738. The molecule has 0 bridgehead atoms. The maximum Gasteiger partial charge on any atom is 0.140 e. The van der Waals surface area contributed by atoms with E-state index >= 15 is 0 Å². The molecule has 0 unspecified atom stereocenters. The Hall–Kier alpha value is -1.50. The van der Waals surface area contributed by atoms with Crippen molar-refractivity contribution < 1.29 is 0 Å². The number of nitrogens with one attached hydrogen (secondary N) is 2. The van der Waals surface area contributed by atoms with Gasteiger partial charge in [0.15, 0.2) is 0 Å². The fraction of sp³-hybridized carbons (Fsp3) is 0.450. The van der Waals surface area contributed by atoms with E-state index in [0.29, 0.717) is 5.84 Å². The van der Waals surface area contributed by atoms with Crippen LogP contribution in [0, 0.1) is 5.41 Å². The number of thiophene rings is 1. The molecule has 2 N–H and O–H groups in total. The number of hydrogen-bond acceptors (Lipinski definition) is 5. The van der Waals surface area contributed by atoms with Crippen molar-refractivity contribution in [1.29, 1.82) is 5.41 Å². The third-order valence-electron chi connectivity index (χ3n) is 5.09. The van der Waals surface area contributed by atoms with E-state index in [1.807, 2.05) is 29.3 Å². The summed E-state index contributed by atoms with van der Waals surface area (Å²) in [4.78, 5) is 7.45. The number of fused-ring (bicyclic) bond motifs is 1. The normalized spacial score (nSPS) is 17.8. The molecule has 0 atom stereocenters. The van der Waals surface area contributed by atoms with Gasteiger partial charge in [-0.25, -0.2) is 0 Å². The Morgan fingerprint density at radius 1 is 1.08 bits per heavy atom. The SMILES string of the molecule is N=C(Nc1ccc2c(c1)SCCN2CCN1CCCCC1)c1cccs1. The summed E-state index contributed by atoms with van der Waals surface area (Å²) in [5.74, 6) is 1.61. The Labute approximate surface area is 164 Å². The average molecular weight is 387 g/mol. The molecule has 6 heteroatoms. The Balaban J connectivity index is 1.41. The number of nitrogens with zero attached hydrogens (tertiary/aromatic N) is 2. The molecule has 2 aliphatic heterocycles. The highest BCUT2D eigenvalue weighted by molar-refractivity contribution is 7.99. The first-order chi connectivity index (χ1) is 12.8. The Morgan fingerprint density at radius 3 is 2.77 bits per heavy atom. The van der Waals surface area contributed by atoms with Crippen molar-refractivity contribution in [3.8, 4) is 0 Å². The van der Waals surface area contributed by atoms with E-state index in [4.69, 9.17) is 5.41 Å². The zero-order valence-electron chi connectivity index (χ0n) is 15.0. The second kappa shape index (κ2) is 8.46. The largest absolute Gasteiger partial charge is 0.369 e. The third-order valence-corrected chi connectivity index (χ3v) is 7.00. The molecule has 0 saturated carbocycles. The van der Waals surface area contributed by atoms with Crippen molar-refractivity contribution in [2.24, 2.45) is 0 Å². The lowest BCUT2D eigenvalue weighted by Gasteiger charge is -2.34. The van der Waals surface area contributed by atoms with Crippen LogP contribution in [0.3, 0.4) is 0 Å². The van der Waals surface area contributed by atoms with Gasteiger partial charge in [-0.2, -0.15) is 0 Å². The van der Waals surface area contributed by atoms with E-state index in [1.54, 1.807) is 11.3 Å². The van der Waals surface area contributed by atoms with E-state index in [9.17, 15) is 0 Å². The minimum absolute atomic E-state index is 0.475. The number of thioether (sulfide) groups is 1. The van der Waals surface area contributed by atoms with E-state index in [0.717, 1.165) is 29.4 Å². The maximum atomic E-state index is 8.22. The molecule has 1 aromatic carbocycles. The number of benzene rings is 1. The van der Waals surface area contributed by atoms with Gasteiger partial charge >= 0.3 is 0 Å². The van der Waals surface area contributed by atoms with Gasteiger partial charge in [0, 0.05) is 36.0 Å². The van der Waals surface area contributed by atoms with E-state index in [2.05, 4.69) is 33.3 Å². The summed E-state index contributed by atoms with van der Waals surface area (Å²) in [5, 5.41) is 13.5. The van der Waals surface area contributed by atoms with Gasteiger partial charge in [0.1, 0.15) is 5.84 Å². The molecule has 0 radical (unpaired) electrons. The van der Waals surface area contributed by atoms with Crippen molar-refractivity contribution >= 4 is 40.3 Å². The molecule has 138 valence electrons. The standard InChI is InChI=1S/C20H26N4S2/c21-20(18-5-4-13-25-18)22-16-6-7-17-19(15-16)26-14-12-24(17)11-10-23-8-2-1-3-9-23/h4-7,13,15H,1-3,8-12,14H2,(H2,21,22). The van der Waals surface area contributed by atoms with Crippen molar-refractivity contribution in [2.75, 3.05) is 48.7 Å². The summed E-state index contributed by atoms with van der Waals surface area (Å²) < 4.78 is 0. The van der Waals surface area contributed by atoms with Crippen LogP contribution in [-0.2, 0) is 0 Å². The van der Waals surface area contributed by atoms with Gasteiger partial charge in [-0.3, -0.25) is 5.41 Å². The number of amidine groups is 1. The lowest BCUT2D eigenvalue weighted by atomic mass is 10.1. The molecule has 4 rings (SSSR count). The molecule has 1 fully saturated rings. The molecular formula is C20H26N4S2. The molecule has 1 aromatic heterocycles. The second-order valence-corrected chi connectivity index (χ2v) is 8.98. The van der Waals surface area contributed by atoms with Gasteiger partial charge in [0.05, 0.1) is 10.6 Å². The monoisotopic (exact) mass is 386 g/mol. The first-order valence-electron chi connectivity index (χ1n) is 9.43. The van der Waals surface area contributed by atoms with Crippen LogP contribution in [0.5, 0.6) is 0 Å². The Kier molecular flexibility index (Phi) is 5.82. The molecule has 0 amide bonds. The maximum absolute atomic E-state index is 8.22. The van der Waals surface area contributed by atoms with E-state index < -0.39 is 0 Å². The van der Waals surface area contributed by atoms with Gasteiger partial charge < -0.3 is 15.1 Å². The molecule has 3 heterocycles. The first kappa shape index (κ1) is 17.9. The summed E-state index contributed by atoms with van der Waals surface area (Å²) in [6.07, 6.45) is 4.12. The number of anilines is 2. The summed E-state index contributed by atoms with van der Waals surface area (Å²) >= 11 is 3.52. The first-order valence-corrected chi connectivity index (χ1v) is 11.3. The lowest BCUT2D eigenvalue weighted by molar-refractivity contribution is 0.233. The summed E-state index contributed by atoms with van der Waals surface area (Å²) in [6, 6.07) is 10.5. The van der Waals surface area contributed by atoms with Crippen LogP contribution in [0.15, 0.2) is 40.6 Å². The predicted molar refractivity (Wildman–Crippen MR) is 114 cm³/mol. The molecular weight excluding hydrogens is 360 g/mol. The third kappa shape index (κ3) is 4.24. The number of likely N-dealkylation sites (tertiary alicyclic amines) is 1. The van der Waals surface area contributed by atoms with Crippen LogP contribution in [0.1, 0.15) is 24.1 Å². The fourth-order valence-electron chi connectivity index (χ4n) is 3.66. The van der Waals surface area contributed by atoms with E-state index in [-0.39, 0.29) is 0 Å². The second-order valence-electron chi connectivity index (χ2n) is 6.90. The van der Waals surface area contributed by atoms with Crippen LogP contribution >= 0.6 is 23.1 Å². The molecule has 0 spiro atoms. The van der Waals surface area contributed by atoms with Crippen molar-refractivity contribution in [3.63, 3.8) is 0 Å². The van der Waals surface area contributed by atoms with Crippen LogP contribution < -0.4 is 10.2 Å². The number of rotatable bonds is 5. The molecule has 2 aromatic rings. The van der Waals surface area contributed by atoms with Crippen molar-refractivity contribution in [1.82, 2.24) is 4.90 Å². The molecule has 1 saturated heterocycles. The van der Waals surface area contributed by atoms with E-state index in [1.165, 1.54) is 49.5 Å². The minimum atomic E-state index is 0.475. The average Bonchev–Trinajstić information content (AvgIpc) is 3.22. The molecule has 2 aliphatic rings. The van der Waals surface area contributed by atoms with Crippen molar-refractivity contribution in [2.45, 2.75) is 24.2 Å². The predicted octanol–water partition coefficient (Wildman–Crippen LogP) is 4.58. The number of hydrogen-bond donors (Lipinski definition) is 2. The van der Waals surface area contributed by atoms with Crippen LogP contribution in [0.25, 0.3) is 0 Å². The summed E-state index contributed by atoms with van der Waals surface area (Å²) in [7, 11) is 0. The molecule has 0 aliphatic carbocycles. The smallest absolute Gasteiger partial charge is 0.140 e. The van der Waals surface area contributed by atoms with Gasteiger partial charge in [-0.05, 0) is 55.6 Å². The topological polar surface area (TPSA) is 42.4 Å². The van der Waals surface area contributed by atoms with Gasteiger partial charge in [-0.15, -0.1) is 23.1 Å². The molecule has 26 heavy (non-hydrogen) atoms. The zero-order valence-corrected chi connectivity index (χ0v) is 16.7. The lowest BCUT2D eigenvalue weighted by Crippen LogP contribution is -2.39. The van der Waals surface area contributed by atoms with Crippen LogP contribution in [0.2, 0.25) is 0 Å². The number of piperidine rings is 1. The van der Waals surface area contributed by atoms with Crippen LogP contribution in [0.4, 0.5) is 11.4 Å². The zero-order chi connectivity index (χ0) is 17.8. The van der Waals surface area contributed by atoms with Gasteiger partial charge in [-0.1, -0.05) is 12.5 Å². The van der Waals surface area contributed by atoms with Gasteiger partial charge in [0.25, 0.3) is 0 Å².